The first-order valence-electron chi connectivity index (χ1n) is 18.8. The molecule has 0 amide bonds. The molecule has 0 saturated heterocycles. The number of hydrogen-bond acceptors (Lipinski definition) is 4. The van der Waals surface area contributed by atoms with Gasteiger partial charge in [0, 0.05) is 49.5 Å². The van der Waals surface area contributed by atoms with E-state index < -0.39 is 0 Å². The van der Waals surface area contributed by atoms with Crippen LogP contribution in [-0.4, -0.2) is 19.5 Å². The molecular weight excluding hydrogens is 685 g/mol. The van der Waals surface area contributed by atoms with Crippen molar-refractivity contribution in [1.29, 1.82) is 0 Å². The van der Waals surface area contributed by atoms with Crippen LogP contribution in [0.2, 0.25) is 0 Å². The SMILES string of the molecule is c1ccc(-c2nc(-c3ccccc3)nc(-c3ccc(-c4cccc(-n5c6ccccc6c6ccc(-c7cccc8c7oc7ccccc78)cc65)c4)cc3)n2)cc1. The van der Waals surface area contributed by atoms with Gasteiger partial charge in [-0.05, 0) is 47.0 Å². The van der Waals surface area contributed by atoms with Crippen molar-refractivity contribution in [2.75, 3.05) is 0 Å². The number of fused-ring (bicyclic) bond motifs is 6. The molecule has 3 aromatic heterocycles. The van der Waals surface area contributed by atoms with E-state index in [-0.39, 0.29) is 0 Å². The van der Waals surface area contributed by atoms with Gasteiger partial charge in [-0.25, -0.2) is 15.0 Å². The van der Waals surface area contributed by atoms with Crippen LogP contribution in [0.5, 0.6) is 0 Å². The first-order valence-corrected chi connectivity index (χ1v) is 18.8. The molecule has 0 saturated carbocycles. The molecule has 0 unspecified atom stereocenters. The first-order chi connectivity index (χ1) is 27.7. The summed E-state index contributed by atoms with van der Waals surface area (Å²) in [4.78, 5) is 14.7. The molecule has 8 aromatic carbocycles. The van der Waals surface area contributed by atoms with Crippen molar-refractivity contribution < 1.29 is 4.42 Å². The first kappa shape index (κ1) is 31.9. The highest BCUT2D eigenvalue weighted by molar-refractivity contribution is 6.13. The van der Waals surface area contributed by atoms with E-state index in [1.165, 1.54) is 10.8 Å². The Morgan fingerprint density at radius 2 is 0.875 bits per heavy atom. The molecule has 262 valence electrons. The summed E-state index contributed by atoms with van der Waals surface area (Å²) < 4.78 is 8.84. The summed E-state index contributed by atoms with van der Waals surface area (Å²) in [5.41, 5.74) is 12.4. The second kappa shape index (κ2) is 13.0. The number of nitrogens with zero attached hydrogens (tertiary/aromatic N) is 4. The second-order valence-electron chi connectivity index (χ2n) is 14.0. The van der Waals surface area contributed by atoms with Crippen LogP contribution in [0.3, 0.4) is 0 Å². The maximum absolute atomic E-state index is 6.46. The predicted molar refractivity (Wildman–Crippen MR) is 229 cm³/mol. The van der Waals surface area contributed by atoms with E-state index in [1.807, 2.05) is 72.8 Å². The number of benzene rings is 8. The molecule has 0 aliphatic rings. The van der Waals surface area contributed by atoms with Crippen LogP contribution in [0.15, 0.2) is 199 Å². The van der Waals surface area contributed by atoms with Crippen LogP contribution in [0.4, 0.5) is 0 Å². The van der Waals surface area contributed by atoms with Crippen LogP contribution in [0.25, 0.3) is 106 Å². The fourth-order valence-electron chi connectivity index (χ4n) is 7.96. The average Bonchev–Trinajstić information content (AvgIpc) is 3.83. The van der Waals surface area contributed by atoms with Crippen molar-refractivity contribution in [3.8, 4) is 62.1 Å². The van der Waals surface area contributed by atoms with Gasteiger partial charge in [0.25, 0.3) is 0 Å². The number of para-hydroxylation sites is 3. The molecule has 5 nitrogen and oxygen atoms in total. The van der Waals surface area contributed by atoms with E-state index in [4.69, 9.17) is 19.4 Å². The maximum atomic E-state index is 6.46. The zero-order chi connectivity index (χ0) is 37.0. The third-order valence-electron chi connectivity index (χ3n) is 10.7. The summed E-state index contributed by atoms with van der Waals surface area (Å²) in [6, 6.07) is 67.5. The number of aromatic nitrogens is 4. The van der Waals surface area contributed by atoms with Crippen molar-refractivity contribution >= 4 is 43.7 Å². The number of furan rings is 1. The largest absolute Gasteiger partial charge is 0.455 e. The van der Waals surface area contributed by atoms with Gasteiger partial charge in [0.15, 0.2) is 17.5 Å². The molecule has 11 aromatic rings. The molecule has 56 heavy (non-hydrogen) atoms. The Morgan fingerprint density at radius 3 is 1.61 bits per heavy atom. The lowest BCUT2D eigenvalue weighted by Gasteiger charge is -2.12. The van der Waals surface area contributed by atoms with Crippen LogP contribution >= 0.6 is 0 Å². The number of hydrogen-bond donors (Lipinski definition) is 0. The van der Waals surface area contributed by atoms with Crippen LogP contribution in [-0.2, 0) is 0 Å². The fourth-order valence-corrected chi connectivity index (χ4v) is 7.96. The van der Waals surface area contributed by atoms with Gasteiger partial charge in [0.05, 0.1) is 11.0 Å². The Hall–Kier alpha value is -7.63. The predicted octanol–water partition coefficient (Wildman–Crippen LogP) is 13.2. The van der Waals surface area contributed by atoms with Crippen molar-refractivity contribution in [3.63, 3.8) is 0 Å². The second-order valence-corrected chi connectivity index (χ2v) is 14.0. The Balaban J connectivity index is 1.00. The summed E-state index contributed by atoms with van der Waals surface area (Å²) in [6.07, 6.45) is 0. The smallest absolute Gasteiger partial charge is 0.164 e. The quantitative estimate of drug-likeness (QED) is 0.172. The highest BCUT2D eigenvalue weighted by Gasteiger charge is 2.17. The molecule has 0 spiro atoms. The zero-order valence-electron chi connectivity index (χ0n) is 30.2. The Morgan fingerprint density at radius 1 is 0.339 bits per heavy atom. The molecule has 0 bridgehead atoms. The highest BCUT2D eigenvalue weighted by atomic mass is 16.3. The Kier molecular flexibility index (Phi) is 7.42. The van der Waals surface area contributed by atoms with E-state index in [9.17, 15) is 0 Å². The fraction of sp³-hybridized carbons (Fsp3) is 0. The van der Waals surface area contributed by atoms with Gasteiger partial charge in [0.2, 0.25) is 0 Å². The van der Waals surface area contributed by atoms with E-state index >= 15 is 0 Å². The summed E-state index contributed by atoms with van der Waals surface area (Å²) in [6.45, 7) is 0. The minimum absolute atomic E-state index is 0.637. The Bertz CT molecular complexity index is 3180. The molecule has 0 N–H and O–H groups in total. The van der Waals surface area contributed by atoms with Crippen molar-refractivity contribution in [3.05, 3.63) is 194 Å². The van der Waals surface area contributed by atoms with E-state index in [2.05, 4.69) is 126 Å². The molecule has 0 atom stereocenters. The zero-order valence-corrected chi connectivity index (χ0v) is 30.2. The highest BCUT2D eigenvalue weighted by Crippen LogP contribution is 2.40. The van der Waals surface area contributed by atoms with Crippen LogP contribution in [0, 0.1) is 0 Å². The molecule has 0 radical (unpaired) electrons. The van der Waals surface area contributed by atoms with Crippen LogP contribution < -0.4 is 0 Å². The molecule has 0 fully saturated rings. The lowest BCUT2D eigenvalue weighted by Crippen LogP contribution is -2.00. The molecular formula is C51H32N4O. The van der Waals surface area contributed by atoms with Crippen molar-refractivity contribution in [1.82, 2.24) is 19.5 Å². The average molecular weight is 717 g/mol. The van der Waals surface area contributed by atoms with E-state index in [0.717, 1.165) is 77.6 Å². The van der Waals surface area contributed by atoms with Crippen molar-refractivity contribution in [2.24, 2.45) is 0 Å². The molecule has 5 heteroatoms. The normalized spacial score (nSPS) is 11.6. The van der Waals surface area contributed by atoms with Gasteiger partial charge in [0.1, 0.15) is 11.2 Å². The van der Waals surface area contributed by atoms with Gasteiger partial charge in [-0.2, -0.15) is 0 Å². The van der Waals surface area contributed by atoms with Gasteiger partial charge in [-0.15, -0.1) is 0 Å². The van der Waals surface area contributed by atoms with Gasteiger partial charge >= 0.3 is 0 Å². The lowest BCUT2D eigenvalue weighted by molar-refractivity contribution is 0.670. The topological polar surface area (TPSA) is 56.7 Å². The molecule has 11 rings (SSSR count). The molecule has 0 aliphatic heterocycles. The van der Waals surface area contributed by atoms with Crippen LogP contribution in [0.1, 0.15) is 0 Å². The summed E-state index contributed by atoms with van der Waals surface area (Å²) in [7, 11) is 0. The minimum Gasteiger partial charge on any atom is -0.455 e. The van der Waals surface area contributed by atoms with E-state index in [0.29, 0.717) is 17.5 Å². The third kappa shape index (κ3) is 5.37. The maximum Gasteiger partial charge on any atom is 0.164 e. The summed E-state index contributed by atoms with van der Waals surface area (Å²) >= 11 is 0. The molecule has 0 aliphatic carbocycles. The van der Waals surface area contributed by atoms with Gasteiger partial charge < -0.3 is 8.98 Å². The number of rotatable bonds is 6. The Labute approximate surface area is 322 Å². The molecule has 3 heterocycles. The monoisotopic (exact) mass is 716 g/mol. The van der Waals surface area contributed by atoms with Gasteiger partial charge in [-0.3, -0.25) is 0 Å². The standard InChI is InChI=1S/C51H32N4O/c1-3-13-34(14-4-1)49-52-50(35-15-5-2-6-16-35)54-51(53-49)36-27-25-33(26-28-36)37-17-11-18-39(31-37)55-45-23-9-7-19-41(45)42-30-29-38(32-46(42)55)40-21-12-22-44-43-20-8-10-24-47(43)56-48(40)44/h1-32H. The van der Waals surface area contributed by atoms with E-state index in [1.54, 1.807) is 0 Å². The summed E-state index contributed by atoms with van der Waals surface area (Å²) in [5.74, 6) is 1.93. The van der Waals surface area contributed by atoms with Gasteiger partial charge in [-0.1, -0.05) is 164 Å². The third-order valence-corrected chi connectivity index (χ3v) is 10.7. The lowest BCUT2D eigenvalue weighted by atomic mass is 10.0. The van der Waals surface area contributed by atoms with Crippen molar-refractivity contribution in [2.45, 2.75) is 0 Å². The minimum atomic E-state index is 0.637. The summed E-state index contributed by atoms with van der Waals surface area (Å²) in [5, 5.41) is 4.68.